The number of aromatic nitrogens is 1. The Bertz CT molecular complexity index is 325. The summed E-state index contributed by atoms with van der Waals surface area (Å²) in [6.07, 6.45) is -2.86. The molecule has 0 aliphatic heterocycles. The van der Waals surface area contributed by atoms with Crippen LogP contribution in [0.1, 0.15) is 11.3 Å². The van der Waals surface area contributed by atoms with Crippen LogP contribution in [0, 0.1) is 0 Å². The van der Waals surface area contributed by atoms with Crippen molar-refractivity contribution < 1.29 is 13.2 Å². The number of alkyl halides is 3. The van der Waals surface area contributed by atoms with Gasteiger partial charge in [-0.25, -0.2) is 0 Å². The van der Waals surface area contributed by atoms with Gasteiger partial charge in [-0.1, -0.05) is 0 Å². The molecule has 6 heteroatoms. The Morgan fingerprint density at radius 3 is 2.57 bits per heavy atom. The summed E-state index contributed by atoms with van der Waals surface area (Å²) >= 11 is 3.11. The molecular formula is C8H8BrF3N2. The number of hydrogen-bond donors (Lipinski definition) is 1. The lowest BCUT2D eigenvalue weighted by atomic mass is 10.1. The Balaban J connectivity index is 3.06. The van der Waals surface area contributed by atoms with Crippen molar-refractivity contribution in [1.29, 1.82) is 0 Å². The first-order chi connectivity index (χ1) is 6.45. The molecule has 1 heterocycles. The molecule has 0 atom stereocenters. The minimum absolute atomic E-state index is 0.305. The van der Waals surface area contributed by atoms with Crippen LogP contribution in [0.15, 0.2) is 16.7 Å². The SMILES string of the molecule is NCCc1cc(C(F)(F)F)ncc1Br. The third-order valence-electron chi connectivity index (χ3n) is 1.64. The van der Waals surface area contributed by atoms with E-state index in [1.165, 1.54) is 0 Å². The van der Waals surface area contributed by atoms with Crippen molar-refractivity contribution in [1.82, 2.24) is 4.98 Å². The molecule has 14 heavy (non-hydrogen) atoms. The molecule has 0 bridgehead atoms. The molecule has 0 spiro atoms. The molecule has 0 aromatic carbocycles. The van der Waals surface area contributed by atoms with Crippen molar-refractivity contribution in [2.24, 2.45) is 5.73 Å². The van der Waals surface area contributed by atoms with Crippen molar-refractivity contribution in [3.63, 3.8) is 0 Å². The van der Waals surface area contributed by atoms with E-state index >= 15 is 0 Å². The summed E-state index contributed by atoms with van der Waals surface area (Å²) in [5.41, 5.74) is 4.90. The highest BCUT2D eigenvalue weighted by Crippen LogP contribution is 2.29. The predicted molar refractivity (Wildman–Crippen MR) is 49.7 cm³/mol. The van der Waals surface area contributed by atoms with Crippen LogP contribution in [0.5, 0.6) is 0 Å². The first-order valence-corrected chi connectivity index (χ1v) is 4.66. The maximum Gasteiger partial charge on any atom is 0.433 e. The minimum atomic E-state index is -4.40. The zero-order chi connectivity index (χ0) is 10.8. The monoisotopic (exact) mass is 268 g/mol. The molecule has 2 nitrogen and oxygen atoms in total. The highest BCUT2D eigenvalue weighted by Gasteiger charge is 2.32. The van der Waals surface area contributed by atoms with Crippen molar-refractivity contribution in [3.8, 4) is 0 Å². The maximum atomic E-state index is 12.2. The summed E-state index contributed by atoms with van der Waals surface area (Å²) in [5, 5.41) is 0. The lowest BCUT2D eigenvalue weighted by Crippen LogP contribution is -2.10. The van der Waals surface area contributed by atoms with Crippen LogP contribution < -0.4 is 5.73 Å². The van der Waals surface area contributed by atoms with Gasteiger partial charge in [-0.05, 0) is 40.5 Å². The highest BCUT2D eigenvalue weighted by molar-refractivity contribution is 9.10. The Morgan fingerprint density at radius 2 is 2.07 bits per heavy atom. The van der Waals surface area contributed by atoms with Crippen LogP contribution in [-0.4, -0.2) is 11.5 Å². The van der Waals surface area contributed by atoms with E-state index in [-0.39, 0.29) is 0 Å². The fourth-order valence-electron chi connectivity index (χ4n) is 0.982. The smallest absolute Gasteiger partial charge is 0.330 e. The lowest BCUT2D eigenvalue weighted by molar-refractivity contribution is -0.141. The molecule has 78 valence electrons. The molecule has 0 saturated carbocycles. The summed E-state index contributed by atoms with van der Waals surface area (Å²) in [5.74, 6) is 0. The molecule has 0 fully saturated rings. The van der Waals surface area contributed by atoms with Gasteiger partial charge in [-0.2, -0.15) is 13.2 Å². The van der Waals surface area contributed by atoms with E-state index in [2.05, 4.69) is 20.9 Å². The number of halogens is 4. The van der Waals surface area contributed by atoms with Gasteiger partial charge in [0.2, 0.25) is 0 Å². The number of nitrogens with two attached hydrogens (primary N) is 1. The molecule has 0 amide bonds. The van der Waals surface area contributed by atoms with Crippen molar-refractivity contribution in [2.45, 2.75) is 12.6 Å². The third-order valence-corrected chi connectivity index (χ3v) is 2.35. The molecule has 2 N–H and O–H groups in total. The lowest BCUT2D eigenvalue weighted by Gasteiger charge is -2.08. The highest BCUT2D eigenvalue weighted by atomic mass is 79.9. The van der Waals surface area contributed by atoms with Crippen molar-refractivity contribution in [3.05, 3.63) is 28.0 Å². The van der Waals surface area contributed by atoms with Crippen LogP contribution >= 0.6 is 15.9 Å². The van der Waals surface area contributed by atoms with Gasteiger partial charge in [-0.15, -0.1) is 0 Å². The fourth-order valence-corrected chi connectivity index (χ4v) is 1.40. The van der Waals surface area contributed by atoms with E-state index in [9.17, 15) is 13.2 Å². The first kappa shape index (κ1) is 11.5. The quantitative estimate of drug-likeness (QED) is 0.895. The Labute approximate surface area is 87.4 Å². The van der Waals surface area contributed by atoms with E-state index < -0.39 is 11.9 Å². The second-order valence-corrected chi connectivity index (χ2v) is 3.55. The molecule has 1 rings (SSSR count). The van der Waals surface area contributed by atoms with E-state index in [4.69, 9.17) is 5.73 Å². The van der Waals surface area contributed by atoms with Crippen LogP contribution in [0.4, 0.5) is 13.2 Å². The molecule has 0 saturated heterocycles. The molecule has 1 aromatic heterocycles. The van der Waals surface area contributed by atoms with Crippen molar-refractivity contribution in [2.75, 3.05) is 6.54 Å². The van der Waals surface area contributed by atoms with E-state index in [0.717, 1.165) is 12.3 Å². The van der Waals surface area contributed by atoms with Gasteiger partial charge < -0.3 is 5.73 Å². The van der Waals surface area contributed by atoms with E-state index in [1.54, 1.807) is 0 Å². The van der Waals surface area contributed by atoms with Gasteiger partial charge in [0.1, 0.15) is 5.69 Å². The second kappa shape index (κ2) is 4.27. The standard InChI is InChI=1S/C8H8BrF3N2/c9-6-4-14-7(8(10,11)12)3-5(6)1-2-13/h3-4H,1-2,13H2. The summed E-state index contributed by atoms with van der Waals surface area (Å²) in [4.78, 5) is 3.28. The topological polar surface area (TPSA) is 38.9 Å². The average Bonchev–Trinajstić information content (AvgIpc) is 2.07. The van der Waals surface area contributed by atoms with Gasteiger partial charge in [0.15, 0.2) is 0 Å². The summed E-state index contributed by atoms with van der Waals surface area (Å²) in [6, 6.07) is 1.01. The van der Waals surface area contributed by atoms with Gasteiger partial charge in [-0.3, -0.25) is 4.98 Å². The zero-order valence-corrected chi connectivity index (χ0v) is 8.69. The summed E-state index contributed by atoms with van der Waals surface area (Å²) in [6.45, 7) is 0.305. The Hall–Kier alpha value is -0.620. The van der Waals surface area contributed by atoms with Crippen LogP contribution in [0.2, 0.25) is 0 Å². The number of pyridine rings is 1. The predicted octanol–water partition coefficient (Wildman–Crippen LogP) is 2.36. The number of rotatable bonds is 2. The molecule has 1 aromatic rings. The van der Waals surface area contributed by atoms with Gasteiger partial charge in [0, 0.05) is 10.7 Å². The van der Waals surface area contributed by atoms with Crippen LogP contribution in [-0.2, 0) is 12.6 Å². The maximum absolute atomic E-state index is 12.2. The molecular weight excluding hydrogens is 261 g/mol. The van der Waals surface area contributed by atoms with E-state index in [0.29, 0.717) is 23.0 Å². The average molecular weight is 269 g/mol. The normalized spacial score (nSPS) is 11.8. The minimum Gasteiger partial charge on any atom is -0.330 e. The number of nitrogens with zero attached hydrogens (tertiary/aromatic N) is 1. The molecule has 0 radical (unpaired) electrons. The summed E-state index contributed by atoms with van der Waals surface area (Å²) < 4.78 is 37.2. The van der Waals surface area contributed by atoms with E-state index in [1.807, 2.05) is 0 Å². The molecule has 0 unspecified atom stereocenters. The van der Waals surface area contributed by atoms with Crippen LogP contribution in [0.3, 0.4) is 0 Å². The zero-order valence-electron chi connectivity index (χ0n) is 7.11. The fraction of sp³-hybridized carbons (Fsp3) is 0.375. The van der Waals surface area contributed by atoms with Gasteiger partial charge in [0.05, 0.1) is 0 Å². The van der Waals surface area contributed by atoms with Gasteiger partial charge in [0.25, 0.3) is 0 Å². The van der Waals surface area contributed by atoms with Gasteiger partial charge >= 0.3 is 6.18 Å². The first-order valence-electron chi connectivity index (χ1n) is 3.87. The number of hydrogen-bond acceptors (Lipinski definition) is 2. The van der Waals surface area contributed by atoms with Crippen molar-refractivity contribution >= 4 is 15.9 Å². The largest absolute Gasteiger partial charge is 0.433 e. The Kier molecular flexibility index (Phi) is 3.49. The molecule has 0 aliphatic rings. The third kappa shape index (κ3) is 2.68. The van der Waals surface area contributed by atoms with Crippen LogP contribution in [0.25, 0.3) is 0 Å². The summed E-state index contributed by atoms with van der Waals surface area (Å²) in [7, 11) is 0. The Morgan fingerprint density at radius 1 is 1.43 bits per heavy atom. The molecule has 0 aliphatic carbocycles. The second-order valence-electron chi connectivity index (χ2n) is 2.70.